The summed E-state index contributed by atoms with van der Waals surface area (Å²) in [5, 5.41) is 0. The summed E-state index contributed by atoms with van der Waals surface area (Å²) in [6.45, 7) is 3.87. The summed E-state index contributed by atoms with van der Waals surface area (Å²) in [6, 6.07) is 0. The molecule has 0 bridgehead atoms. The Morgan fingerprint density at radius 3 is 2.11 bits per heavy atom. The SMILES string of the molecule is CC=[C][C@H](C)OC.[Hg+].[I-]. The maximum atomic E-state index is 4.85. The molecule has 0 aromatic heterocycles. The van der Waals surface area contributed by atoms with E-state index in [1.165, 1.54) is 0 Å². The van der Waals surface area contributed by atoms with Gasteiger partial charge in [-0.15, -0.1) is 0 Å². The molecule has 0 fully saturated rings. The molecule has 0 aliphatic heterocycles. The van der Waals surface area contributed by atoms with E-state index in [9.17, 15) is 0 Å². The Morgan fingerprint density at radius 1 is 1.56 bits per heavy atom. The molecule has 1 atom stereocenters. The molecule has 0 saturated heterocycles. The van der Waals surface area contributed by atoms with Gasteiger partial charge in [0.2, 0.25) is 0 Å². The van der Waals surface area contributed by atoms with Crippen molar-refractivity contribution < 1.29 is 56.4 Å². The number of hydrogen-bond acceptors (Lipinski definition) is 1. The topological polar surface area (TPSA) is 9.23 Å². The first-order chi connectivity index (χ1) is 3.31. The fraction of sp³-hybridized carbons (Fsp3) is 0.667. The standard InChI is InChI=1S/C6H11O.Hg.HI/c1-4-5-6(2)7-3;;/h4,6H,1-3H3;;1H/q;+1;/p-1/t6-;;/m0../s1. The van der Waals surface area contributed by atoms with Crippen molar-refractivity contribution in [2.24, 2.45) is 0 Å². The largest absolute Gasteiger partial charge is 1.00 e. The molecule has 0 aromatic rings. The Balaban J connectivity index is -0.000000180. The second-order valence-corrected chi connectivity index (χ2v) is 1.33. The number of methoxy groups -OCH3 is 1. The Bertz CT molecular complexity index is 66.1. The van der Waals surface area contributed by atoms with Gasteiger partial charge in [-0.1, -0.05) is 6.08 Å². The van der Waals surface area contributed by atoms with Crippen LogP contribution in [-0.4, -0.2) is 13.2 Å². The molecule has 1 nitrogen and oxygen atoms in total. The molecule has 50 valence electrons. The average Bonchev–Trinajstić information content (AvgIpc) is 1.68. The van der Waals surface area contributed by atoms with Gasteiger partial charge in [-0.3, -0.25) is 0 Å². The van der Waals surface area contributed by atoms with Gasteiger partial charge in [-0.05, 0) is 19.9 Å². The van der Waals surface area contributed by atoms with Crippen LogP contribution in [0.2, 0.25) is 0 Å². The van der Waals surface area contributed by atoms with Crippen LogP contribution in [0.1, 0.15) is 13.8 Å². The Labute approximate surface area is 94.8 Å². The zero-order chi connectivity index (χ0) is 5.70. The number of hydrogen-bond donors (Lipinski definition) is 0. The van der Waals surface area contributed by atoms with Crippen molar-refractivity contribution in [2.75, 3.05) is 7.11 Å². The van der Waals surface area contributed by atoms with Gasteiger partial charge >= 0.3 is 27.7 Å². The van der Waals surface area contributed by atoms with E-state index in [2.05, 4.69) is 6.08 Å². The molecular formula is C6H11HgIO. The number of allylic oxidation sites excluding steroid dienone is 1. The van der Waals surface area contributed by atoms with E-state index >= 15 is 0 Å². The van der Waals surface area contributed by atoms with Crippen LogP contribution < -0.4 is 24.0 Å². The van der Waals surface area contributed by atoms with Gasteiger partial charge in [0, 0.05) is 7.11 Å². The normalized spacial score (nSPS) is 11.9. The van der Waals surface area contributed by atoms with Crippen molar-refractivity contribution in [1.29, 1.82) is 0 Å². The third kappa shape index (κ3) is 12.5. The van der Waals surface area contributed by atoms with Crippen LogP contribution in [0.15, 0.2) is 6.08 Å². The number of rotatable bonds is 2. The minimum absolute atomic E-state index is 0. The summed E-state index contributed by atoms with van der Waals surface area (Å²) < 4.78 is 4.85. The zero-order valence-corrected chi connectivity index (χ0v) is 13.8. The summed E-state index contributed by atoms with van der Waals surface area (Å²) in [5.41, 5.74) is 0. The van der Waals surface area contributed by atoms with E-state index in [-0.39, 0.29) is 57.7 Å². The molecule has 9 heavy (non-hydrogen) atoms. The maximum Gasteiger partial charge on any atom is 1.00 e. The van der Waals surface area contributed by atoms with Crippen LogP contribution in [0, 0.1) is 6.08 Å². The maximum absolute atomic E-state index is 4.85. The van der Waals surface area contributed by atoms with E-state index in [0.717, 1.165) is 0 Å². The van der Waals surface area contributed by atoms with E-state index < -0.39 is 0 Å². The molecule has 0 aliphatic carbocycles. The minimum Gasteiger partial charge on any atom is -1.00 e. The van der Waals surface area contributed by atoms with Crippen molar-refractivity contribution in [2.45, 2.75) is 20.0 Å². The minimum atomic E-state index is 0. The molecule has 0 N–H and O–H groups in total. The first kappa shape index (κ1) is 16.8. The van der Waals surface area contributed by atoms with E-state index in [1.807, 2.05) is 19.9 Å². The zero-order valence-electron chi connectivity index (χ0n) is 6.15. The van der Waals surface area contributed by atoms with Gasteiger partial charge in [-0.2, -0.15) is 0 Å². The predicted molar refractivity (Wildman–Crippen MR) is 30.0 cm³/mol. The smallest absolute Gasteiger partial charge is 1.00 e. The fourth-order valence-corrected chi connectivity index (χ4v) is 0.303. The monoisotopic (exact) mass is 428 g/mol. The summed E-state index contributed by atoms with van der Waals surface area (Å²) in [4.78, 5) is 0. The molecule has 2 radical (unpaired) electrons. The van der Waals surface area contributed by atoms with Crippen molar-refractivity contribution >= 4 is 0 Å². The summed E-state index contributed by atoms with van der Waals surface area (Å²) in [5.74, 6) is 0. The summed E-state index contributed by atoms with van der Waals surface area (Å²) >= 11 is 0. The predicted octanol–water partition coefficient (Wildman–Crippen LogP) is -1.60. The third-order valence-corrected chi connectivity index (χ3v) is 0.755. The summed E-state index contributed by atoms with van der Waals surface area (Å²) in [6.07, 6.45) is 4.95. The van der Waals surface area contributed by atoms with Crippen LogP contribution in [-0.2, 0) is 32.4 Å². The molecule has 3 heteroatoms. The van der Waals surface area contributed by atoms with Crippen LogP contribution in [0.4, 0.5) is 0 Å². The first-order valence-corrected chi connectivity index (χ1v) is 2.38. The van der Waals surface area contributed by atoms with Gasteiger partial charge in [0.15, 0.2) is 0 Å². The van der Waals surface area contributed by atoms with E-state index in [0.29, 0.717) is 0 Å². The molecule has 0 aromatic carbocycles. The molecular weight excluding hydrogens is 416 g/mol. The molecule has 0 amide bonds. The van der Waals surface area contributed by atoms with Gasteiger partial charge < -0.3 is 28.7 Å². The molecule has 0 rings (SSSR count). The number of ether oxygens (including phenoxy) is 1. The number of halogens is 1. The van der Waals surface area contributed by atoms with Gasteiger partial charge in [0.25, 0.3) is 0 Å². The Morgan fingerprint density at radius 2 is 2.00 bits per heavy atom. The molecule has 0 spiro atoms. The van der Waals surface area contributed by atoms with Crippen LogP contribution in [0.3, 0.4) is 0 Å². The van der Waals surface area contributed by atoms with E-state index in [1.54, 1.807) is 7.11 Å². The van der Waals surface area contributed by atoms with Gasteiger partial charge in [0.05, 0.1) is 6.10 Å². The quantitative estimate of drug-likeness (QED) is 0.382. The average molecular weight is 427 g/mol. The fourth-order valence-electron chi connectivity index (χ4n) is 0.303. The second kappa shape index (κ2) is 12.1. The second-order valence-electron chi connectivity index (χ2n) is 1.33. The van der Waals surface area contributed by atoms with Crippen molar-refractivity contribution in [3.63, 3.8) is 0 Å². The Hall–Kier alpha value is 1.37. The summed E-state index contributed by atoms with van der Waals surface area (Å²) in [7, 11) is 1.67. The molecule has 0 heterocycles. The molecule has 0 aliphatic rings. The molecule has 0 saturated carbocycles. The van der Waals surface area contributed by atoms with Gasteiger partial charge in [-0.25, -0.2) is 0 Å². The van der Waals surface area contributed by atoms with Crippen molar-refractivity contribution in [1.82, 2.24) is 0 Å². The van der Waals surface area contributed by atoms with Crippen LogP contribution >= 0.6 is 0 Å². The van der Waals surface area contributed by atoms with E-state index in [4.69, 9.17) is 4.74 Å². The van der Waals surface area contributed by atoms with Gasteiger partial charge in [0.1, 0.15) is 0 Å². The Kier molecular flexibility index (Phi) is 22.5. The van der Waals surface area contributed by atoms with Crippen molar-refractivity contribution in [3.8, 4) is 0 Å². The van der Waals surface area contributed by atoms with Crippen LogP contribution in [0.5, 0.6) is 0 Å². The van der Waals surface area contributed by atoms with Crippen LogP contribution in [0.25, 0.3) is 0 Å². The molecule has 0 unspecified atom stereocenters. The first-order valence-electron chi connectivity index (χ1n) is 2.38. The third-order valence-electron chi connectivity index (χ3n) is 0.755. The van der Waals surface area contributed by atoms with Crippen molar-refractivity contribution in [3.05, 3.63) is 12.2 Å².